The molecule has 0 aliphatic carbocycles. The van der Waals surface area contributed by atoms with Crippen LogP contribution in [0.1, 0.15) is 0 Å². The molecule has 4 rings (SSSR count). The third-order valence-electron chi connectivity index (χ3n) is 3.73. The van der Waals surface area contributed by atoms with Gasteiger partial charge in [0.05, 0.1) is 10.7 Å². The first-order chi connectivity index (χ1) is 11.2. The maximum atomic E-state index is 12.5. The minimum Gasteiger partial charge on any atom is -0.497 e. The van der Waals surface area contributed by atoms with E-state index in [0.29, 0.717) is 10.5 Å². The van der Waals surface area contributed by atoms with E-state index < -0.39 is 0 Å². The molecule has 3 nitrogen and oxygen atoms in total. The number of thiophene rings is 1. The molecule has 0 aliphatic heterocycles. The highest BCUT2D eigenvalue weighted by molar-refractivity contribution is 14.1. The summed E-state index contributed by atoms with van der Waals surface area (Å²) in [5, 5.41) is 2.02. The van der Waals surface area contributed by atoms with Gasteiger partial charge in [-0.05, 0) is 40.8 Å². The van der Waals surface area contributed by atoms with Gasteiger partial charge in [0.15, 0.2) is 5.76 Å². The van der Waals surface area contributed by atoms with Crippen LogP contribution in [0.3, 0.4) is 0 Å². The van der Waals surface area contributed by atoms with Gasteiger partial charge in [-0.2, -0.15) is 0 Å². The van der Waals surface area contributed by atoms with Crippen molar-refractivity contribution < 1.29 is 9.15 Å². The van der Waals surface area contributed by atoms with Gasteiger partial charge in [0.1, 0.15) is 10.4 Å². The third kappa shape index (κ3) is 2.35. The van der Waals surface area contributed by atoms with Gasteiger partial charge in [0.25, 0.3) is 0 Å². The molecule has 4 aromatic rings. The number of methoxy groups -OCH3 is 1. The monoisotopic (exact) mass is 434 g/mol. The third-order valence-corrected chi connectivity index (χ3v) is 5.89. The molecule has 0 spiro atoms. The van der Waals surface area contributed by atoms with Gasteiger partial charge in [-0.25, -0.2) is 4.79 Å². The van der Waals surface area contributed by atoms with Crippen LogP contribution >= 0.6 is 33.9 Å². The summed E-state index contributed by atoms with van der Waals surface area (Å²) in [5.41, 5.74) is 0.614. The minimum absolute atomic E-state index is 0.292. The van der Waals surface area contributed by atoms with Gasteiger partial charge in [-0.15, -0.1) is 11.3 Å². The SMILES string of the molecule is COc1ccc2c(c1)sc1c(=O)oc(-c3ccccc3)c(I)c12. The van der Waals surface area contributed by atoms with E-state index in [2.05, 4.69) is 22.6 Å². The molecule has 0 fully saturated rings. The van der Waals surface area contributed by atoms with E-state index in [1.54, 1.807) is 7.11 Å². The standard InChI is InChI=1S/C18H11IO3S/c1-21-11-7-8-12-13(9-11)23-17-14(12)15(19)16(22-18(17)20)10-5-3-2-4-6-10/h2-9H,1H3. The van der Waals surface area contributed by atoms with E-state index in [0.717, 1.165) is 30.4 Å². The molecule has 2 aromatic carbocycles. The Morgan fingerprint density at radius 1 is 1.13 bits per heavy atom. The molecule has 2 aromatic heterocycles. The van der Waals surface area contributed by atoms with E-state index >= 15 is 0 Å². The molecule has 0 saturated carbocycles. The molecule has 0 aliphatic rings. The second-order valence-corrected chi connectivity index (χ2v) is 7.20. The van der Waals surface area contributed by atoms with E-state index in [9.17, 15) is 4.79 Å². The van der Waals surface area contributed by atoms with Crippen LogP contribution in [-0.2, 0) is 0 Å². The van der Waals surface area contributed by atoms with Gasteiger partial charge in [0.2, 0.25) is 0 Å². The van der Waals surface area contributed by atoms with Crippen molar-refractivity contribution in [1.82, 2.24) is 0 Å². The fourth-order valence-electron chi connectivity index (χ4n) is 2.64. The summed E-state index contributed by atoms with van der Waals surface area (Å²) in [4.78, 5) is 12.5. The van der Waals surface area contributed by atoms with Crippen molar-refractivity contribution >= 4 is 54.1 Å². The molecule has 2 heterocycles. The molecule has 23 heavy (non-hydrogen) atoms. The van der Waals surface area contributed by atoms with Gasteiger partial charge >= 0.3 is 5.63 Å². The van der Waals surface area contributed by atoms with Crippen LogP contribution in [-0.4, -0.2) is 7.11 Å². The minimum atomic E-state index is -0.292. The molecule has 0 atom stereocenters. The molecular formula is C18H11IO3S. The molecule has 5 heteroatoms. The highest BCUT2D eigenvalue weighted by atomic mass is 127. The Hall–Kier alpha value is -1.86. The van der Waals surface area contributed by atoms with Crippen molar-refractivity contribution in [2.45, 2.75) is 0 Å². The van der Waals surface area contributed by atoms with Crippen molar-refractivity contribution in [3.63, 3.8) is 0 Å². The first-order valence-electron chi connectivity index (χ1n) is 6.97. The summed E-state index contributed by atoms with van der Waals surface area (Å²) < 4.78 is 13.5. The van der Waals surface area contributed by atoms with Crippen molar-refractivity contribution in [2.24, 2.45) is 0 Å². The quantitative estimate of drug-likeness (QED) is 0.403. The summed E-state index contributed by atoms with van der Waals surface area (Å²) in [6, 6.07) is 15.6. The summed E-state index contributed by atoms with van der Waals surface area (Å²) in [5.74, 6) is 1.41. The highest BCUT2D eigenvalue weighted by Crippen LogP contribution is 2.39. The van der Waals surface area contributed by atoms with Gasteiger partial charge in [0, 0.05) is 21.0 Å². The number of ether oxygens (including phenoxy) is 1. The van der Waals surface area contributed by atoms with Gasteiger partial charge in [-0.1, -0.05) is 30.3 Å². The predicted octanol–water partition coefficient (Wildman–Crippen LogP) is 5.29. The average Bonchev–Trinajstić information content (AvgIpc) is 2.98. The van der Waals surface area contributed by atoms with Gasteiger partial charge in [-0.3, -0.25) is 0 Å². The summed E-state index contributed by atoms with van der Waals surface area (Å²) >= 11 is 3.71. The van der Waals surface area contributed by atoms with Crippen LogP contribution in [0.25, 0.3) is 31.5 Å². The van der Waals surface area contributed by atoms with Crippen molar-refractivity contribution in [1.29, 1.82) is 0 Å². The molecule has 0 bridgehead atoms. The van der Waals surface area contributed by atoms with Crippen LogP contribution in [0.5, 0.6) is 5.75 Å². The summed E-state index contributed by atoms with van der Waals surface area (Å²) in [7, 11) is 1.64. The highest BCUT2D eigenvalue weighted by Gasteiger charge is 2.18. The molecule has 0 saturated heterocycles. The van der Waals surface area contributed by atoms with E-state index in [1.807, 2.05) is 48.5 Å². The summed E-state index contributed by atoms with van der Waals surface area (Å²) in [6.07, 6.45) is 0. The average molecular weight is 434 g/mol. The molecule has 0 unspecified atom stereocenters. The Kier molecular flexibility index (Phi) is 3.61. The fraction of sp³-hybridized carbons (Fsp3) is 0.0556. The smallest absolute Gasteiger partial charge is 0.354 e. The molecule has 0 amide bonds. The summed E-state index contributed by atoms with van der Waals surface area (Å²) in [6.45, 7) is 0. The predicted molar refractivity (Wildman–Crippen MR) is 103 cm³/mol. The normalized spacial score (nSPS) is 11.2. The maximum Gasteiger partial charge on any atom is 0.354 e. The second kappa shape index (κ2) is 5.65. The Bertz CT molecular complexity index is 1080. The number of benzene rings is 2. The van der Waals surface area contributed by atoms with E-state index in [1.165, 1.54) is 11.3 Å². The van der Waals surface area contributed by atoms with Crippen LogP contribution in [0.15, 0.2) is 57.7 Å². The van der Waals surface area contributed by atoms with Crippen LogP contribution in [0.2, 0.25) is 0 Å². The Morgan fingerprint density at radius 3 is 2.65 bits per heavy atom. The largest absolute Gasteiger partial charge is 0.497 e. The Labute approximate surface area is 149 Å². The van der Waals surface area contributed by atoms with E-state index in [4.69, 9.17) is 9.15 Å². The lowest BCUT2D eigenvalue weighted by Gasteiger charge is -2.04. The van der Waals surface area contributed by atoms with Crippen molar-refractivity contribution in [3.05, 3.63) is 62.5 Å². The lowest BCUT2D eigenvalue weighted by Crippen LogP contribution is -2.00. The van der Waals surface area contributed by atoms with Crippen molar-refractivity contribution in [2.75, 3.05) is 7.11 Å². The first kappa shape index (κ1) is 14.7. The molecule has 114 valence electrons. The molecule has 0 radical (unpaired) electrons. The number of halogens is 1. The molecular weight excluding hydrogens is 423 g/mol. The zero-order valence-electron chi connectivity index (χ0n) is 12.1. The second-order valence-electron chi connectivity index (χ2n) is 5.07. The van der Waals surface area contributed by atoms with Crippen LogP contribution in [0.4, 0.5) is 0 Å². The van der Waals surface area contributed by atoms with Crippen LogP contribution in [0, 0.1) is 3.57 Å². The number of hydrogen-bond acceptors (Lipinski definition) is 4. The van der Waals surface area contributed by atoms with Crippen LogP contribution < -0.4 is 10.4 Å². The maximum absolute atomic E-state index is 12.5. The molecule has 0 N–H and O–H groups in total. The topological polar surface area (TPSA) is 39.4 Å². The number of hydrogen-bond donors (Lipinski definition) is 0. The number of fused-ring (bicyclic) bond motifs is 3. The lowest BCUT2D eigenvalue weighted by molar-refractivity contribution is 0.415. The Morgan fingerprint density at radius 2 is 1.91 bits per heavy atom. The Balaban J connectivity index is 2.12. The van der Waals surface area contributed by atoms with E-state index in [-0.39, 0.29) is 5.63 Å². The zero-order chi connectivity index (χ0) is 16.0. The number of rotatable bonds is 2. The fourth-order valence-corrected chi connectivity index (χ4v) is 4.92. The lowest BCUT2D eigenvalue weighted by atomic mass is 10.1. The van der Waals surface area contributed by atoms with Crippen molar-refractivity contribution in [3.8, 4) is 17.1 Å². The van der Waals surface area contributed by atoms with Gasteiger partial charge < -0.3 is 9.15 Å². The first-order valence-corrected chi connectivity index (χ1v) is 8.87. The zero-order valence-corrected chi connectivity index (χ0v) is 15.1.